The van der Waals surface area contributed by atoms with Gasteiger partial charge in [-0.25, -0.2) is 9.98 Å². The molecule has 0 aromatic heterocycles. The van der Waals surface area contributed by atoms with Gasteiger partial charge in [-0.05, 0) is 37.0 Å². The van der Waals surface area contributed by atoms with E-state index in [4.69, 9.17) is 10.5 Å². The third-order valence-corrected chi connectivity index (χ3v) is 5.96. The van der Waals surface area contributed by atoms with Gasteiger partial charge in [-0.2, -0.15) is 10.5 Å². The normalized spacial score (nSPS) is 32.0. The van der Waals surface area contributed by atoms with Gasteiger partial charge in [0.05, 0.1) is 0 Å². The summed E-state index contributed by atoms with van der Waals surface area (Å²) in [5.74, 6) is 0.889. The molecule has 5 nitrogen and oxygen atoms in total. The molecular weight excluding hydrogens is 276 g/mol. The Morgan fingerprint density at radius 1 is 1.23 bits per heavy atom. The van der Waals surface area contributed by atoms with E-state index >= 15 is 0 Å². The number of carbonyl (C=O) groups excluding carboxylic acids is 1. The maximum absolute atomic E-state index is 12.4. The lowest BCUT2D eigenvalue weighted by atomic mass is 9.66. The van der Waals surface area contributed by atoms with E-state index in [1.54, 1.807) is 0 Å². The first kappa shape index (κ1) is 16.4. The number of ketones is 1. The summed E-state index contributed by atoms with van der Waals surface area (Å²) in [5.41, 5.74) is 0.0551. The van der Waals surface area contributed by atoms with Crippen LogP contribution in [0.4, 0.5) is 0 Å². The zero-order valence-corrected chi connectivity index (χ0v) is 12.4. The fourth-order valence-corrected chi connectivity index (χ4v) is 4.47. The van der Waals surface area contributed by atoms with Crippen LogP contribution in [-0.4, -0.2) is 23.4 Å². The molecule has 3 aliphatic rings. The van der Waals surface area contributed by atoms with Gasteiger partial charge < -0.3 is 0 Å². The minimum Gasteiger partial charge on any atom is -0.299 e. The summed E-state index contributed by atoms with van der Waals surface area (Å²) < 4.78 is 0. The highest BCUT2D eigenvalue weighted by Gasteiger charge is 2.63. The Morgan fingerprint density at radius 3 is 2.23 bits per heavy atom. The fourth-order valence-electron chi connectivity index (χ4n) is 4.47. The molecule has 2 aliphatic carbocycles. The van der Waals surface area contributed by atoms with Crippen LogP contribution in [0.3, 0.4) is 0 Å². The zero-order valence-electron chi connectivity index (χ0n) is 12.4. The summed E-state index contributed by atoms with van der Waals surface area (Å²) in [6, 6.07) is 3.82. The molecule has 0 amide bonds. The molecule has 1 heterocycles. The quantitative estimate of drug-likeness (QED) is 0.801. The number of fused-ring (bicyclic) bond motifs is 2. The van der Waals surface area contributed by atoms with Gasteiger partial charge in [-0.15, -0.1) is 0 Å². The summed E-state index contributed by atoms with van der Waals surface area (Å²) in [6.45, 7) is 4.41. The second kappa shape index (κ2) is 5.32. The summed E-state index contributed by atoms with van der Waals surface area (Å²) in [6.07, 6.45) is 3.81. The number of nitrogens with zero attached hydrogens (tertiary/aromatic N) is 4. The third kappa shape index (κ3) is 2.00. The van der Waals surface area contributed by atoms with Gasteiger partial charge in [0.1, 0.15) is 24.1 Å². The number of hydrogen-bond donors (Lipinski definition) is 0. The van der Waals surface area contributed by atoms with E-state index in [0.717, 1.165) is 19.3 Å². The van der Waals surface area contributed by atoms with Crippen molar-refractivity contribution in [1.29, 1.82) is 10.5 Å². The molecule has 2 atom stereocenters. The molecule has 0 spiro atoms. The lowest BCUT2D eigenvalue weighted by Gasteiger charge is -2.36. The zero-order chi connectivity index (χ0) is 15.3. The number of aliphatic imine (C=N–C) groups is 2. The molecule has 0 radical (unpaired) electrons. The van der Waals surface area contributed by atoms with Gasteiger partial charge >= 0.3 is 0 Å². The first-order valence-corrected chi connectivity index (χ1v) is 7.44. The average molecular weight is 298 g/mol. The number of rotatable bonds is 3. The Balaban J connectivity index is 0.00000176. The van der Waals surface area contributed by atoms with Crippen molar-refractivity contribution in [2.24, 2.45) is 26.7 Å². The molecule has 2 unspecified atom stereocenters. The Kier molecular flexibility index (Phi) is 3.96. The van der Waals surface area contributed by atoms with Crippen molar-refractivity contribution in [2.75, 3.05) is 0 Å². The van der Waals surface area contributed by atoms with Crippen molar-refractivity contribution in [2.45, 2.75) is 59.5 Å². The van der Waals surface area contributed by atoms with Crippen molar-refractivity contribution < 1.29 is 4.79 Å². The van der Waals surface area contributed by atoms with Crippen molar-refractivity contribution in [3.05, 3.63) is 0 Å². The van der Waals surface area contributed by atoms with Crippen LogP contribution in [0.5, 0.6) is 0 Å². The monoisotopic (exact) mass is 298 g/mol. The molecule has 5 heteroatoms. The minimum absolute atomic E-state index is 0. The molecule has 116 valence electrons. The van der Waals surface area contributed by atoms with Crippen molar-refractivity contribution >= 4 is 17.2 Å². The second-order valence-corrected chi connectivity index (χ2v) is 6.87. The van der Waals surface area contributed by atoms with Crippen molar-refractivity contribution in [1.82, 2.24) is 0 Å². The topological polar surface area (TPSA) is 89.4 Å². The second-order valence-electron chi connectivity index (χ2n) is 6.87. The highest BCUT2D eigenvalue weighted by molar-refractivity contribution is 6.54. The van der Waals surface area contributed by atoms with E-state index < -0.39 is 0 Å². The van der Waals surface area contributed by atoms with E-state index in [-0.39, 0.29) is 35.8 Å². The maximum atomic E-state index is 12.4. The Morgan fingerprint density at radius 2 is 1.82 bits per heavy atom. The predicted molar refractivity (Wildman–Crippen MR) is 84.4 cm³/mol. The SMILES string of the molecule is C.CC1(C)C2CCC1(CCC1N=C(C#N)C(C#N)=N1)C(=O)C2. The predicted octanol–water partition coefficient (Wildman–Crippen LogP) is 3.07. The van der Waals surface area contributed by atoms with Gasteiger partial charge in [0.2, 0.25) is 0 Å². The number of hydrogen-bond acceptors (Lipinski definition) is 5. The molecule has 2 fully saturated rings. The largest absolute Gasteiger partial charge is 0.299 e. The molecular formula is C17H22N4O. The molecule has 0 aromatic rings. The van der Waals surface area contributed by atoms with Crippen LogP contribution in [0.1, 0.15) is 53.4 Å². The number of Topliss-reactive ketones (excluding diaryl/α,β-unsaturated/α-hetero) is 1. The van der Waals surface area contributed by atoms with Crippen molar-refractivity contribution in [3.8, 4) is 12.1 Å². The average Bonchev–Trinajstić information content (AvgIpc) is 3.03. The summed E-state index contributed by atoms with van der Waals surface area (Å²) in [4.78, 5) is 20.8. The van der Waals surface area contributed by atoms with Crippen LogP contribution in [0.15, 0.2) is 9.98 Å². The van der Waals surface area contributed by atoms with E-state index in [1.807, 2.05) is 12.1 Å². The first-order valence-electron chi connectivity index (χ1n) is 7.44. The van der Waals surface area contributed by atoms with E-state index in [0.29, 0.717) is 24.5 Å². The van der Waals surface area contributed by atoms with E-state index in [9.17, 15) is 4.79 Å². The molecule has 0 saturated heterocycles. The molecule has 1 aliphatic heterocycles. The summed E-state index contributed by atoms with van der Waals surface area (Å²) in [5, 5.41) is 17.9. The Bertz CT molecular complexity index is 617. The van der Waals surface area contributed by atoms with E-state index in [1.165, 1.54) is 0 Å². The van der Waals surface area contributed by atoms with Crippen LogP contribution < -0.4 is 0 Å². The molecule has 0 N–H and O–H groups in total. The van der Waals surface area contributed by atoms with Crippen LogP contribution >= 0.6 is 0 Å². The molecule has 0 aromatic carbocycles. The minimum atomic E-state index is -0.369. The van der Waals surface area contributed by atoms with Crippen LogP contribution in [-0.2, 0) is 4.79 Å². The Hall–Kier alpha value is -2.01. The third-order valence-electron chi connectivity index (χ3n) is 5.96. The maximum Gasteiger partial charge on any atom is 0.173 e. The van der Waals surface area contributed by atoms with Crippen LogP contribution in [0.25, 0.3) is 0 Å². The first-order chi connectivity index (χ1) is 9.94. The van der Waals surface area contributed by atoms with E-state index in [2.05, 4.69) is 23.8 Å². The number of carbonyl (C=O) groups is 1. The number of nitriles is 2. The lowest BCUT2D eigenvalue weighted by molar-refractivity contribution is -0.130. The molecule has 3 rings (SSSR count). The van der Waals surface area contributed by atoms with Crippen LogP contribution in [0, 0.1) is 39.4 Å². The van der Waals surface area contributed by atoms with Gasteiger partial charge in [0.15, 0.2) is 11.4 Å². The van der Waals surface area contributed by atoms with Gasteiger partial charge in [-0.3, -0.25) is 4.79 Å². The standard InChI is InChI=1S/C16H18N4O.CH4/c1-15(2)10-3-5-16(15,13(21)7-10)6-4-14-19-11(8-17)12(9-18)20-14;/h10,14H,3-7H2,1-2H3;1H4. The fraction of sp³-hybridized carbons (Fsp3) is 0.706. The molecule has 2 bridgehead atoms. The van der Waals surface area contributed by atoms with Crippen LogP contribution in [0.2, 0.25) is 0 Å². The summed E-state index contributed by atoms with van der Waals surface area (Å²) in [7, 11) is 0. The highest BCUT2D eigenvalue weighted by atomic mass is 16.1. The lowest BCUT2D eigenvalue weighted by Crippen LogP contribution is -2.36. The highest BCUT2D eigenvalue weighted by Crippen LogP contribution is 2.65. The van der Waals surface area contributed by atoms with Gasteiger partial charge in [0, 0.05) is 11.8 Å². The van der Waals surface area contributed by atoms with Gasteiger partial charge in [0.25, 0.3) is 0 Å². The molecule has 22 heavy (non-hydrogen) atoms. The summed E-state index contributed by atoms with van der Waals surface area (Å²) >= 11 is 0. The van der Waals surface area contributed by atoms with Crippen molar-refractivity contribution in [3.63, 3.8) is 0 Å². The smallest absolute Gasteiger partial charge is 0.173 e. The molecule has 2 saturated carbocycles. The van der Waals surface area contributed by atoms with Gasteiger partial charge in [-0.1, -0.05) is 21.3 Å². The Labute approximate surface area is 131 Å².